The molecule has 0 saturated heterocycles. The van der Waals surface area contributed by atoms with Crippen molar-refractivity contribution in [3.05, 3.63) is 34.1 Å². The van der Waals surface area contributed by atoms with Crippen LogP contribution in [0.4, 0.5) is 18.9 Å². The molecule has 0 unspecified atom stereocenters. The molecule has 0 spiro atoms. The number of aromatic amines is 1. The second kappa shape index (κ2) is 4.93. The first-order chi connectivity index (χ1) is 10.3. The van der Waals surface area contributed by atoms with Crippen LogP contribution < -0.4 is 15.2 Å². The van der Waals surface area contributed by atoms with Gasteiger partial charge in [0.2, 0.25) is 5.56 Å². The first kappa shape index (κ1) is 14.7. The maximum Gasteiger partial charge on any atom is 0.417 e. The second-order valence-corrected chi connectivity index (χ2v) is 5.55. The number of benzene rings is 1. The Bertz CT molecular complexity index is 781. The summed E-state index contributed by atoms with van der Waals surface area (Å²) in [4.78, 5) is 15.9. The number of aromatic nitrogens is 1. The van der Waals surface area contributed by atoms with Gasteiger partial charge in [0.05, 0.1) is 23.3 Å². The van der Waals surface area contributed by atoms with Crippen molar-refractivity contribution in [1.29, 1.82) is 0 Å². The van der Waals surface area contributed by atoms with Crippen LogP contribution in [0.5, 0.6) is 5.75 Å². The fraction of sp³-hybridized carbons (Fsp3) is 0.400. The Morgan fingerprint density at radius 2 is 2.00 bits per heavy atom. The van der Waals surface area contributed by atoms with Crippen molar-refractivity contribution in [2.75, 3.05) is 18.1 Å². The minimum Gasteiger partial charge on any atom is -0.489 e. The van der Waals surface area contributed by atoms with Gasteiger partial charge in [-0.3, -0.25) is 4.79 Å². The molecule has 0 fully saturated rings. The Hall–Kier alpha value is -2.18. The van der Waals surface area contributed by atoms with E-state index in [1.807, 2.05) is 18.7 Å². The predicted molar refractivity (Wildman–Crippen MR) is 77.5 cm³/mol. The topological polar surface area (TPSA) is 45.3 Å². The number of nitrogens with zero attached hydrogens (tertiary/aromatic N) is 1. The van der Waals surface area contributed by atoms with Crippen molar-refractivity contribution in [3.8, 4) is 5.75 Å². The summed E-state index contributed by atoms with van der Waals surface area (Å²) in [5, 5.41) is -0.0259. The molecule has 1 aromatic carbocycles. The third-order valence-corrected chi connectivity index (χ3v) is 3.75. The zero-order valence-corrected chi connectivity index (χ0v) is 12.1. The number of hydrogen-bond donors (Lipinski definition) is 1. The molecule has 1 aliphatic rings. The van der Waals surface area contributed by atoms with Gasteiger partial charge in [0, 0.05) is 23.6 Å². The number of anilines is 1. The standard InChI is InChI=1S/C15H15F3N2O2/c1-8(2)20-3-4-22-13-7-11-9(5-12(13)20)10(15(16,17)18)6-14(21)19-11/h5-8H,3-4H2,1-2H3,(H,19,21). The van der Waals surface area contributed by atoms with Gasteiger partial charge in [0.1, 0.15) is 12.4 Å². The van der Waals surface area contributed by atoms with Crippen LogP contribution in [-0.2, 0) is 6.18 Å². The number of rotatable bonds is 1. The number of halogens is 3. The molecule has 1 aromatic heterocycles. The van der Waals surface area contributed by atoms with Gasteiger partial charge in [-0.15, -0.1) is 0 Å². The van der Waals surface area contributed by atoms with Crippen molar-refractivity contribution in [2.24, 2.45) is 0 Å². The summed E-state index contributed by atoms with van der Waals surface area (Å²) in [5.74, 6) is 0.488. The van der Waals surface area contributed by atoms with E-state index in [0.717, 1.165) is 0 Å². The van der Waals surface area contributed by atoms with Crippen LogP contribution in [0.1, 0.15) is 19.4 Å². The van der Waals surface area contributed by atoms with Crippen molar-refractivity contribution in [1.82, 2.24) is 4.98 Å². The summed E-state index contributed by atoms with van der Waals surface area (Å²) in [6.07, 6.45) is -4.58. The fourth-order valence-corrected chi connectivity index (χ4v) is 2.76. The molecule has 3 rings (SSSR count). The molecular weight excluding hydrogens is 297 g/mol. The first-order valence-electron chi connectivity index (χ1n) is 6.95. The summed E-state index contributed by atoms with van der Waals surface area (Å²) >= 11 is 0. The van der Waals surface area contributed by atoms with E-state index < -0.39 is 17.3 Å². The van der Waals surface area contributed by atoms with Gasteiger partial charge >= 0.3 is 6.18 Å². The van der Waals surface area contributed by atoms with Crippen molar-refractivity contribution in [3.63, 3.8) is 0 Å². The maximum absolute atomic E-state index is 13.2. The lowest BCUT2D eigenvalue weighted by molar-refractivity contribution is -0.136. The maximum atomic E-state index is 13.2. The molecule has 0 radical (unpaired) electrons. The molecule has 7 heteroatoms. The third-order valence-electron chi connectivity index (χ3n) is 3.75. The summed E-state index contributed by atoms with van der Waals surface area (Å²) in [7, 11) is 0. The number of nitrogens with one attached hydrogen (secondary N) is 1. The molecule has 2 heterocycles. The first-order valence-corrected chi connectivity index (χ1v) is 6.95. The number of ether oxygens (including phenoxy) is 1. The molecule has 4 nitrogen and oxygen atoms in total. The van der Waals surface area contributed by atoms with Crippen LogP contribution in [-0.4, -0.2) is 24.2 Å². The SMILES string of the molecule is CC(C)N1CCOc2cc3[nH]c(=O)cc(C(F)(F)F)c3cc21. The van der Waals surface area contributed by atoms with Crippen molar-refractivity contribution in [2.45, 2.75) is 26.1 Å². The molecule has 22 heavy (non-hydrogen) atoms. The Labute approximate surface area is 124 Å². The lowest BCUT2D eigenvalue weighted by Gasteiger charge is -2.34. The molecule has 0 amide bonds. The predicted octanol–water partition coefficient (Wildman–Crippen LogP) is 3.15. The third kappa shape index (κ3) is 2.40. The molecule has 118 valence electrons. The van der Waals surface area contributed by atoms with Crippen LogP contribution in [0, 0.1) is 0 Å². The number of fused-ring (bicyclic) bond motifs is 2. The second-order valence-electron chi connectivity index (χ2n) is 5.55. The van der Waals surface area contributed by atoms with Gasteiger partial charge in [-0.05, 0) is 19.9 Å². The van der Waals surface area contributed by atoms with E-state index in [0.29, 0.717) is 30.7 Å². The molecule has 1 aliphatic heterocycles. The molecule has 0 aliphatic carbocycles. The number of pyridine rings is 1. The summed E-state index contributed by atoms with van der Waals surface area (Å²) in [5.41, 5.74) is -0.963. The fourth-order valence-electron chi connectivity index (χ4n) is 2.76. The van der Waals surface area contributed by atoms with Crippen molar-refractivity contribution >= 4 is 16.6 Å². The molecule has 0 bridgehead atoms. The number of H-pyrrole nitrogens is 1. The van der Waals surface area contributed by atoms with E-state index >= 15 is 0 Å². The molecule has 0 saturated carbocycles. The molecule has 1 N–H and O–H groups in total. The van der Waals surface area contributed by atoms with E-state index in [9.17, 15) is 18.0 Å². The number of hydrogen-bond acceptors (Lipinski definition) is 3. The van der Waals surface area contributed by atoms with Gasteiger partial charge < -0.3 is 14.6 Å². The van der Waals surface area contributed by atoms with Crippen LogP contribution in [0.15, 0.2) is 23.0 Å². The van der Waals surface area contributed by atoms with E-state index in [1.165, 1.54) is 12.1 Å². The van der Waals surface area contributed by atoms with Gasteiger partial charge in [0.25, 0.3) is 0 Å². The summed E-state index contributed by atoms with van der Waals surface area (Å²) < 4.78 is 45.1. The van der Waals surface area contributed by atoms with Gasteiger partial charge in [-0.2, -0.15) is 13.2 Å². The zero-order chi connectivity index (χ0) is 16.1. The normalized spacial score (nSPS) is 15.1. The number of alkyl halides is 3. The van der Waals surface area contributed by atoms with E-state index in [1.54, 1.807) is 0 Å². The molecular formula is C15H15F3N2O2. The molecule has 2 aromatic rings. The average Bonchev–Trinajstić information content (AvgIpc) is 2.42. The largest absolute Gasteiger partial charge is 0.489 e. The van der Waals surface area contributed by atoms with Crippen LogP contribution in [0.25, 0.3) is 10.9 Å². The minimum atomic E-state index is -4.58. The Balaban J connectivity index is 2.32. The molecule has 0 atom stereocenters. The summed E-state index contributed by atoms with van der Waals surface area (Å²) in [6.45, 7) is 5.01. The van der Waals surface area contributed by atoms with Crippen LogP contribution in [0.3, 0.4) is 0 Å². The van der Waals surface area contributed by atoms with Gasteiger partial charge in [0.15, 0.2) is 0 Å². The highest BCUT2D eigenvalue weighted by Gasteiger charge is 2.34. The Kier molecular flexibility index (Phi) is 3.30. The average molecular weight is 312 g/mol. The lowest BCUT2D eigenvalue weighted by atomic mass is 10.1. The Morgan fingerprint density at radius 1 is 1.27 bits per heavy atom. The van der Waals surface area contributed by atoms with Crippen molar-refractivity contribution < 1.29 is 17.9 Å². The smallest absolute Gasteiger partial charge is 0.417 e. The highest BCUT2D eigenvalue weighted by atomic mass is 19.4. The summed E-state index contributed by atoms with van der Waals surface area (Å²) in [6, 6.07) is 3.65. The highest BCUT2D eigenvalue weighted by Crippen LogP contribution is 2.40. The minimum absolute atomic E-state index is 0.0259. The monoisotopic (exact) mass is 312 g/mol. The zero-order valence-electron chi connectivity index (χ0n) is 12.1. The highest BCUT2D eigenvalue weighted by molar-refractivity contribution is 5.89. The van der Waals surface area contributed by atoms with E-state index in [4.69, 9.17) is 4.74 Å². The van der Waals surface area contributed by atoms with Crippen LogP contribution >= 0.6 is 0 Å². The van der Waals surface area contributed by atoms with Gasteiger partial charge in [-0.1, -0.05) is 0 Å². The Morgan fingerprint density at radius 3 is 2.64 bits per heavy atom. The quantitative estimate of drug-likeness (QED) is 0.880. The van der Waals surface area contributed by atoms with E-state index in [2.05, 4.69) is 4.98 Å². The van der Waals surface area contributed by atoms with E-state index in [-0.39, 0.29) is 16.9 Å². The lowest BCUT2D eigenvalue weighted by Crippen LogP contribution is -2.38. The van der Waals surface area contributed by atoms with Gasteiger partial charge in [-0.25, -0.2) is 0 Å². The van der Waals surface area contributed by atoms with Crippen LogP contribution in [0.2, 0.25) is 0 Å².